The topological polar surface area (TPSA) is 32.3 Å². The van der Waals surface area contributed by atoms with E-state index in [9.17, 15) is 4.79 Å². The SMILES string of the molecule is Cl.O=C(c1ccc(C2CCCCC2)cc1)N1CCC2CCC(C1)N2. The van der Waals surface area contributed by atoms with Crippen LogP contribution in [0.2, 0.25) is 0 Å². The molecule has 1 aromatic carbocycles. The summed E-state index contributed by atoms with van der Waals surface area (Å²) < 4.78 is 0. The summed E-state index contributed by atoms with van der Waals surface area (Å²) in [4.78, 5) is 14.9. The summed E-state index contributed by atoms with van der Waals surface area (Å²) in [6.07, 6.45) is 10.3. The van der Waals surface area contributed by atoms with E-state index in [0.717, 1.165) is 25.1 Å². The first kappa shape index (κ1) is 17.8. The molecular weight excluding hydrogens is 320 g/mol. The molecule has 1 aromatic rings. The second kappa shape index (κ2) is 7.88. The second-order valence-corrected chi connectivity index (χ2v) is 7.63. The summed E-state index contributed by atoms with van der Waals surface area (Å²) in [5.41, 5.74) is 2.29. The van der Waals surface area contributed by atoms with Crippen LogP contribution in [0.4, 0.5) is 0 Å². The number of hydrogen-bond donors (Lipinski definition) is 1. The molecule has 2 bridgehead atoms. The third-order valence-corrected chi connectivity index (χ3v) is 6.04. The van der Waals surface area contributed by atoms with Crippen molar-refractivity contribution >= 4 is 18.3 Å². The number of benzene rings is 1. The summed E-state index contributed by atoms with van der Waals surface area (Å²) >= 11 is 0. The molecule has 24 heavy (non-hydrogen) atoms. The van der Waals surface area contributed by atoms with E-state index in [4.69, 9.17) is 0 Å². The van der Waals surface area contributed by atoms with Gasteiger partial charge in [-0.2, -0.15) is 0 Å². The Morgan fingerprint density at radius 2 is 1.62 bits per heavy atom. The zero-order valence-electron chi connectivity index (χ0n) is 14.4. The van der Waals surface area contributed by atoms with Crippen LogP contribution in [0.3, 0.4) is 0 Å². The Labute approximate surface area is 151 Å². The molecule has 2 heterocycles. The number of halogens is 1. The van der Waals surface area contributed by atoms with Crippen LogP contribution < -0.4 is 5.32 Å². The summed E-state index contributed by atoms with van der Waals surface area (Å²) in [6, 6.07) is 9.65. The number of hydrogen-bond acceptors (Lipinski definition) is 2. The summed E-state index contributed by atoms with van der Waals surface area (Å²) in [6.45, 7) is 1.77. The van der Waals surface area contributed by atoms with E-state index in [1.165, 1.54) is 50.5 Å². The van der Waals surface area contributed by atoms with E-state index in [1.54, 1.807) is 0 Å². The third-order valence-electron chi connectivity index (χ3n) is 6.04. The zero-order valence-corrected chi connectivity index (χ0v) is 15.2. The standard InChI is InChI=1S/C20H28N2O.ClH/c23-20(22-13-12-18-10-11-19(14-22)21-18)17-8-6-16(7-9-17)15-4-2-1-3-5-15;/h6-9,15,18-19,21H,1-5,10-14H2;1H. The fourth-order valence-corrected chi connectivity index (χ4v) is 4.64. The molecule has 0 aromatic heterocycles. The van der Waals surface area contributed by atoms with Crippen LogP contribution in [0.15, 0.2) is 24.3 Å². The second-order valence-electron chi connectivity index (χ2n) is 7.63. The number of rotatable bonds is 2. The maximum atomic E-state index is 12.8. The minimum atomic E-state index is 0. The average molecular weight is 349 g/mol. The van der Waals surface area contributed by atoms with Crippen molar-refractivity contribution in [3.8, 4) is 0 Å². The highest BCUT2D eigenvalue weighted by Crippen LogP contribution is 2.32. The lowest BCUT2D eigenvalue weighted by Gasteiger charge is -2.25. The third kappa shape index (κ3) is 3.78. The van der Waals surface area contributed by atoms with Crippen LogP contribution in [0, 0.1) is 0 Å². The molecule has 3 fully saturated rings. The number of amides is 1. The summed E-state index contributed by atoms with van der Waals surface area (Å²) in [5.74, 6) is 0.931. The Morgan fingerprint density at radius 1 is 0.917 bits per heavy atom. The predicted octanol–water partition coefficient (Wildman–Crippen LogP) is 4.12. The molecule has 1 N–H and O–H groups in total. The largest absolute Gasteiger partial charge is 0.337 e. The molecule has 3 nitrogen and oxygen atoms in total. The highest BCUT2D eigenvalue weighted by Gasteiger charge is 2.31. The van der Waals surface area contributed by atoms with Gasteiger partial charge in [0.05, 0.1) is 0 Å². The minimum Gasteiger partial charge on any atom is -0.337 e. The molecule has 0 spiro atoms. The number of likely N-dealkylation sites (tertiary alicyclic amines) is 1. The molecule has 1 amide bonds. The molecule has 1 aliphatic carbocycles. The molecule has 2 aliphatic heterocycles. The van der Waals surface area contributed by atoms with E-state index < -0.39 is 0 Å². The van der Waals surface area contributed by atoms with Crippen LogP contribution in [-0.2, 0) is 0 Å². The number of nitrogens with zero attached hydrogens (tertiary/aromatic N) is 1. The van der Waals surface area contributed by atoms with Crippen molar-refractivity contribution in [2.45, 2.75) is 69.4 Å². The molecule has 2 saturated heterocycles. The van der Waals surface area contributed by atoms with Gasteiger partial charge in [0.15, 0.2) is 0 Å². The van der Waals surface area contributed by atoms with Gasteiger partial charge in [-0.1, -0.05) is 31.4 Å². The fourth-order valence-electron chi connectivity index (χ4n) is 4.64. The average Bonchev–Trinajstić information content (AvgIpc) is 2.94. The maximum absolute atomic E-state index is 12.8. The van der Waals surface area contributed by atoms with E-state index in [0.29, 0.717) is 18.0 Å². The highest BCUT2D eigenvalue weighted by molar-refractivity contribution is 5.94. The summed E-state index contributed by atoms with van der Waals surface area (Å²) in [7, 11) is 0. The van der Waals surface area contributed by atoms with Gasteiger partial charge in [0.1, 0.15) is 0 Å². The van der Waals surface area contributed by atoms with Crippen molar-refractivity contribution in [3.63, 3.8) is 0 Å². The molecule has 3 aliphatic rings. The zero-order chi connectivity index (χ0) is 15.6. The predicted molar refractivity (Wildman–Crippen MR) is 100.0 cm³/mol. The van der Waals surface area contributed by atoms with Crippen molar-refractivity contribution in [2.75, 3.05) is 13.1 Å². The van der Waals surface area contributed by atoms with Crippen LogP contribution in [-0.4, -0.2) is 36.0 Å². The normalized spacial score (nSPS) is 27.4. The molecule has 2 atom stereocenters. The molecule has 4 heteroatoms. The first-order valence-corrected chi connectivity index (χ1v) is 9.45. The number of carbonyl (C=O) groups is 1. The van der Waals surface area contributed by atoms with Crippen molar-refractivity contribution in [1.29, 1.82) is 0 Å². The summed E-state index contributed by atoms with van der Waals surface area (Å²) in [5, 5.41) is 3.65. The van der Waals surface area contributed by atoms with E-state index in [1.807, 2.05) is 0 Å². The number of nitrogens with one attached hydrogen (secondary N) is 1. The lowest BCUT2D eigenvalue weighted by Crippen LogP contribution is -2.39. The molecule has 0 radical (unpaired) electrons. The van der Waals surface area contributed by atoms with Crippen LogP contribution in [0.1, 0.15) is 73.2 Å². The molecule has 1 saturated carbocycles. The molecule has 4 rings (SSSR count). The van der Waals surface area contributed by atoms with Gasteiger partial charge in [0.2, 0.25) is 0 Å². The van der Waals surface area contributed by atoms with Crippen molar-refractivity contribution in [3.05, 3.63) is 35.4 Å². The van der Waals surface area contributed by atoms with Crippen molar-refractivity contribution < 1.29 is 4.79 Å². The maximum Gasteiger partial charge on any atom is 0.253 e. The molecule has 2 unspecified atom stereocenters. The highest BCUT2D eigenvalue weighted by atomic mass is 35.5. The quantitative estimate of drug-likeness (QED) is 0.871. The monoisotopic (exact) mass is 348 g/mol. The molecule has 132 valence electrons. The van der Waals surface area contributed by atoms with Gasteiger partial charge >= 0.3 is 0 Å². The lowest BCUT2D eigenvalue weighted by atomic mass is 9.84. The van der Waals surface area contributed by atoms with E-state index in [-0.39, 0.29) is 18.3 Å². The Morgan fingerprint density at radius 3 is 2.38 bits per heavy atom. The van der Waals surface area contributed by atoms with Gasteiger partial charge < -0.3 is 10.2 Å². The Hall–Kier alpha value is -1.06. The van der Waals surface area contributed by atoms with Crippen molar-refractivity contribution in [1.82, 2.24) is 10.2 Å². The van der Waals surface area contributed by atoms with Gasteiger partial charge in [0, 0.05) is 30.7 Å². The van der Waals surface area contributed by atoms with E-state index in [2.05, 4.69) is 34.5 Å². The number of carbonyl (C=O) groups excluding carboxylic acids is 1. The van der Waals surface area contributed by atoms with E-state index >= 15 is 0 Å². The van der Waals surface area contributed by atoms with Crippen LogP contribution in [0.5, 0.6) is 0 Å². The van der Waals surface area contributed by atoms with Gasteiger partial charge in [-0.25, -0.2) is 0 Å². The Balaban J connectivity index is 0.00000169. The lowest BCUT2D eigenvalue weighted by molar-refractivity contribution is 0.0748. The van der Waals surface area contributed by atoms with Gasteiger partial charge in [-0.05, 0) is 55.7 Å². The van der Waals surface area contributed by atoms with Crippen LogP contribution >= 0.6 is 12.4 Å². The van der Waals surface area contributed by atoms with Crippen molar-refractivity contribution in [2.24, 2.45) is 0 Å². The Kier molecular flexibility index (Phi) is 5.83. The molecular formula is C20H29ClN2O. The first-order valence-electron chi connectivity index (χ1n) is 9.45. The van der Waals surface area contributed by atoms with Crippen LogP contribution in [0.25, 0.3) is 0 Å². The van der Waals surface area contributed by atoms with Gasteiger partial charge in [-0.15, -0.1) is 12.4 Å². The van der Waals surface area contributed by atoms with Gasteiger partial charge in [0.25, 0.3) is 5.91 Å². The first-order chi connectivity index (χ1) is 11.3. The van der Waals surface area contributed by atoms with Gasteiger partial charge in [-0.3, -0.25) is 4.79 Å². The smallest absolute Gasteiger partial charge is 0.253 e. The Bertz CT molecular complexity index is 553. The fraction of sp³-hybridized carbons (Fsp3) is 0.650. The minimum absolute atomic E-state index is 0. The number of fused-ring (bicyclic) bond motifs is 2.